The molecule has 3 fully saturated rings. The van der Waals surface area contributed by atoms with Crippen LogP contribution in [0.25, 0.3) is 22.3 Å². The quantitative estimate of drug-likeness (QED) is 0.177. The maximum absolute atomic E-state index is 13.1. The highest BCUT2D eigenvalue weighted by Gasteiger charge is 2.59. The van der Waals surface area contributed by atoms with Crippen molar-refractivity contribution in [3.8, 4) is 34.3 Å². The highest BCUT2D eigenvalue weighted by Crippen LogP contribution is 2.44. The van der Waals surface area contributed by atoms with E-state index in [1.54, 1.807) is 24.3 Å². The van der Waals surface area contributed by atoms with Crippen LogP contribution < -0.4 is 30.3 Å². The first-order valence-electron chi connectivity index (χ1n) is 14.8. The van der Waals surface area contributed by atoms with E-state index in [1.165, 1.54) is 19.2 Å². The number of phenolic OH excluding ortho intramolecular Hbond substituents is 1. The number of carboxylic acids is 1. The number of aromatic hydroxyl groups is 1. The van der Waals surface area contributed by atoms with Gasteiger partial charge >= 0.3 is 5.97 Å². The smallest absolute Gasteiger partial charge is 0.336 e. The summed E-state index contributed by atoms with van der Waals surface area (Å²) in [6.45, 7) is 0.823. The molecule has 0 spiro atoms. The van der Waals surface area contributed by atoms with Crippen LogP contribution in [0.5, 0.6) is 23.0 Å². The van der Waals surface area contributed by atoms with Gasteiger partial charge in [0.1, 0.15) is 40.3 Å². The van der Waals surface area contributed by atoms with E-state index in [0.717, 1.165) is 25.7 Å². The zero-order chi connectivity index (χ0) is 31.9. The predicted molar refractivity (Wildman–Crippen MR) is 157 cm³/mol. The van der Waals surface area contributed by atoms with Crippen LogP contribution in [0.15, 0.2) is 45.6 Å². The Balaban J connectivity index is 1.30. The fourth-order valence-electron chi connectivity index (χ4n) is 6.31. The van der Waals surface area contributed by atoms with Crippen molar-refractivity contribution in [1.82, 2.24) is 10.6 Å². The summed E-state index contributed by atoms with van der Waals surface area (Å²) >= 11 is 0. The first-order valence-corrected chi connectivity index (χ1v) is 14.8. The van der Waals surface area contributed by atoms with Gasteiger partial charge in [-0.1, -0.05) is 0 Å². The lowest BCUT2D eigenvalue weighted by molar-refractivity contribution is -0.306. The van der Waals surface area contributed by atoms with E-state index < -0.39 is 53.4 Å². The molecule has 7 N–H and O–H groups in total. The van der Waals surface area contributed by atoms with Gasteiger partial charge < -0.3 is 59.5 Å². The molecule has 14 nitrogen and oxygen atoms in total. The van der Waals surface area contributed by atoms with Gasteiger partial charge in [0.15, 0.2) is 23.0 Å². The number of rotatable bonds is 9. The molecule has 6 rings (SSSR count). The summed E-state index contributed by atoms with van der Waals surface area (Å²) in [4.78, 5) is 25.3. The van der Waals surface area contributed by atoms with Crippen LogP contribution in [0.2, 0.25) is 0 Å². The van der Waals surface area contributed by atoms with E-state index in [1.807, 2.05) is 0 Å². The summed E-state index contributed by atoms with van der Waals surface area (Å²) in [5.41, 5.74) is -2.48. The summed E-state index contributed by atoms with van der Waals surface area (Å²) in [6, 6.07) is 9.11. The molecule has 2 aliphatic heterocycles. The van der Waals surface area contributed by atoms with Crippen LogP contribution in [0.4, 0.5) is 0 Å². The van der Waals surface area contributed by atoms with Gasteiger partial charge in [0.2, 0.25) is 12.0 Å². The molecule has 0 bridgehead atoms. The van der Waals surface area contributed by atoms with Gasteiger partial charge in [-0.2, -0.15) is 0 Å². The minimum absolute atomic E-state index is 0.103. The van der Waals surface area contributed by atoms with Crippen molar-refractivity contribution < 1.29 is 53.7 Å². The van der Waals surface area contributed by atoms with E-state index >= 15 is 0 Å². The number of carbonyl (C=O) groups is 1. The number of carboxylic acid groups (broad SMARTS) is 1. The van der Waals surface area contributed by atoms with Gasteiger partial charge in [-0.3, -0.25) is 4.79 Å². The lowest BCUT2D eigenvalue weighted by atomic mass is 9.79. The second-order valence-corrected chi connectivity index (χ2v) is 11.7. The summed E-state index contributed by atoms with van der Waals surface area (Å²) in [5, 5.41) is 59.8. The monoisotopic (exact) mass is 628 g/mol. The Morgan fingerprint density at radius 3 is 2.49 bits per heavy atom. The van der Waals surface area contributed by atoms with Crippen molar-refractivity contribution in [3.63, 3.8) is 0 Å². The van der Waals surface area contributed by atoms with Crippen molar-refractivity contribution in [2.45, 2.75) is 74.5 Å². The Hall–Kier alpha value is -3.92. The highest BCUT2D eigenvalue weighted by molar-refractivity contribution is 5.89. The molecule has 3 aromatic rings. The molecule has 6 atom stereocenters. The predicted octanol–water partition coefficient (Wildman–Crippen LogP) is 1.05. The molecule has 45 heavy (non-hydrogen) atoms. The van der Waals surface area contributed by atoms with E-state index in [-0.39, 0.29) is 40.8 Å². The number of benzene rings is 2. The van der Waals surface area contributed by atoms with Crippen molar-refractivity contribution in [3.05, 3.63) is 46.6 Å². The summed E-state index contributed by atoms with van der Waals surface area (Å²) < 4.78 is 28.6. The molecule has 1 saturated carbocycles. The van der Waals surface area contributed by atoms with Crippen LogP contribution >= 0.6 is 0 Å². The SMILES string of the molecule is COc1c(OC2OC(C(=O)O)C(O)(CC3CNCN3)C(O)C2O)cc2oc(-c3ccc(OC4CCCC4)cc3)cc(=O)c2c1O. The number of methoxy groups -OCH3 is 1. The summed E-state index contributed by atoms with van der Waals surface area (Å²) in [6.07, 6.45) is -3.52. The molecule has 242 valence electrons. The Kier molecular flexibility index (Phi) is 8.61. The first-order chi connectivity index (χ1) is 21.6. The van der Waals surface area contributed by atoms with Gasteiger partial charge in [0.25, 0.3) is 0 Å². The fourth-order valence-corrected chi connectivity index (χ4v) is 6.31. The number of phenols is 1. The topological polar surface area (TPSA) is 209 Å². The average molecular weight is 629 g/mol. The molecule has 0 amide bonds. The Labute approximate surface area is 257 Å². The third-order valence-electron chi connectivity index (χ3n) is 8.65. The molecule has 2 saturated heterocycles. The van der Waals surface area contributed by atoms with Gasteiger partial charge in [0, 0.05) is 37.0 Å². The van der Waals surface area contributed by atoms with E-state index in [4.69, 9.17) is 23.4 Å². The van der Waals surface area contributed by atoms with E-state index in [2.05, 4.69) is 10.6 Å². The van der Waals surface area contributed by atoms with Crippen LogP contribution in [0, 0.1) is 0 Å². The molecule has 6 unspecified atom stereocenters. The molecular weight excluding hydrogens is 592 g/mol. The number of hydrogen-bond acceptors (Lipinski definition) is 13. The number of ether oxygens (including phenoxy) is 4. The van der Waals surface area contributed by atoms with E-state index in [0.29, 0.717) is 24.5 Å². The molecule has 0 radical (unpaired) electrons. The maximum Gasteiger partial charge on any atom is 0.336 e. The number of aliphatic hydroxyl groups is 3. The van der Waals surface area contributed by atoms with Crippen LogP contribution in [0.1, 0.15) is 32.1 Å². The Morgan fingerprint density at radius 1 is 1.11 bits per heavy atom. The number of nitrogens with one attached hydrogen (secondary N) is 2. The van der Waals surface area contributed by atoms with Gasteiger partial charge in [0.05, 0.1) is 13.2 Å². The second kappa shape index (κ2) is 12.5. The van der Waals surface area contributed by atoms with Crippen LogP contribution in [-0.2, 0) is 9.53 Å². The van der Waals surface area contributed by atoms with Crippen LogP contribution in [0.3, 0.4) is 0 Å². The molecule has 1 aromatic heterocycles. The van der Waals surface area contributed by atoms with Crippen molar-refractivity contribution in [2.75, 3.05) is 20.3 Å². The largest absolute Gasteiger partial charge is 0.504 e. The normalized spacial score (nSPS) is 28.8. The van der Waals surface area contributed by atoms with Crippen LogP contribution in [-0.4, -0.2) is 94.2 Å². The maximum atomic E-state index is 13.1. The standard InChI is InChI=1S/C31H36N2O12/c1-41-26-22(44-30-25(36)27(37)31(40,28(45-30)29(38)39)12-16-13-32-14-33-16)11-21-23(24(26)35)19(34)10-20(43-21)15-6-8-18(9-7-15)42-17-4-2-3-5-17/h6-11,16-17,25,27-28,30,32-33,35-37,40H,2-5,12-14H2,1H3,(H,38,39). The number of hydrogen-bond donors (Lipinski definition) is 7. The molecule has 3 heterocycles. The molecule has 2 aromatic carbocycles. The number of aliphatic hydroxyl groups excluding tert-OH is 2. The Morgan fingerprint density at radius 2 is 1.84 bits per heavy atom. The molecule has 1 aliphatic carbocycles. The first kappa shape index (κ1) is 31.1. The minimum Gasteiger partial charge on any atom is -0.504 e. The third-order valence-corrected chi connectivity index (χ3v) is 8.65. The average Bonchev–Trinajstić information content (AvgIpc) is 3.72. The molecular formula is C31H36N2O12. The molecule has 14 heteroatoms. The van der Waals surface area contributed by atoms with Crippen molar-refractivity contribution in [1.29, 1.82) is 0 Å². The second-order valence-electron chi connectivity index (χ2n) is 11.7. The zero-order valence-electron chi connectivity index (χ0n) is 24.5. The lowest BCUT2D eigenvalue weighted by Crippen LogP contribution is -2.70. The summed E-state index contributed by atoms with van der Waals surface area (Å²) in [7, 11) is 1.20. The number of fused-ring (bicyclic) bond motifs is 1. The van der Waals surface area contributed by atoms with Gasteiger partial charge in [-0.25, -0.2) is 4.79 Å². The Bertz CT molecular complexity index is 1600. The third kappa shape index (κ3) is 5.92. The van der Waals surface area contributed by atoms with Gasteiger partial charge in [-0.05, 0) is 56.4 Å². The van der Waals surface area contributed by atoms with Gasteiger partial charge in [-0.15, -0.1) is 0 Å². The van der Waals surface area contributed by atoms with Crippen molar-refractivity contribution >= 4 is 16.9 Å². The minimum atomic E-state index is -2.37. The lowest BCUT2D eigenvalue weighted by Gasteiger charge is -2.47. The molecule has 3 aliphatic rings. The fraction of sp³-hybridized carbons (Fsp3) is 0.484. The van der Waals surface area contributed by atoms with E-state index in [9.17, 15) is 35.1 Å². The zero-order valence-corrected chi connectivity index (χ0v) is 24.5. The highest BCUT2D eigenvalue weighted by atomic mass is 16.7. The number of aliphatic carboxylic acids is 1. The van der Waals surface area contributed by atoms with Crippen molar-refractivity contribution in [2.24, 2.45) is 0 Å². The summed E-state index contributed by atoms with van der Waals surface area (Å²) in [5.74, 6) is -1.94.